The maximum atomic E-state index is 3.21. The van der Waals surface area contributed by atoms with Gasteiger partial charge in [0.15, 0.2) is 0 Å². The number of rotatable bonds is 3. The van der Waals surface area contributed by atoms with Crippen LogP contribution in [0, 0.1) is 0 Å². The molecule has 0 aromatic heterocycles. The van der Waals surface area contributed by atoms with Crippen molar-refractivity contribution >= 4 is 15.9 Å². The van der Waals surface area contributed by atoms with Gasteiger partial charge in [0.25, 0.3) is 0 Å². The molecule has 0 atom stereocenters. The van der Waals surface area contributed by atoms with Gasteiger partial charge >= 0.3 is 0 Å². The summed E-state index contributed by atoms with van der Waals surface area (Å²) < 4.78 is 0. The van der Waals surface area contributed by atoms with Crippen LogP contribution in [0.5, 0.6) is 0 Å². The molecule has 0 radical (unpaired) electrons. The molecule has 0 heterocycles. The molecule has 0 aliphatic rings. The number of hydrogen-bond donors (Lipinski definition) is 0. The van der Waals surface area contributed by atoms with Crippen LogP contribution in [-0.2, 0) is 0 Å². The average molecular weight is 178 g/mol. The van der Waals surface area contributed by atoms with Gasteiger partial charge in [-0.15, -0.1) is 0 Å². The maximum Gasteiger partial charge on any atom is 0.0144 e. The molecule has 0 aromatic carbocycles. The predicted octanol–water partition coefficient (Wildman–Crippen LogP) is 2.19. The van der Waals surface area contributed by atoms with Gasteiger partial charge < -0.3 is 4.90 Å². The van der Waals surface area contributed by atoms with Crippen LogP contribution in [0.1, 0.15) is 13.8 Å². The van der Waals surface area contributed by atoms with Crippen molar-refractivity contribution in [2.24, 2.45) is 0 Å². The van der Waals surface area contributed by atoms with Crippen molar-refractivity contribution in [1.82, 2.24) is 4.90 Å². The van der Waals surface area contributed by atoms with E-state index in [-0.39, 0.29) is 0 Å². The van der Waals surface area contributed by atoms with E-state index in [1.54, 1.807) is 0 Å². The van der Waals surface area contributed by atoms with Crippen LogP contribution >= 0.6 is 15.9 Å². The first-order valence-electron chi connectivity index (χ1n) is 2.86. The second kappa shape index (κ2) is 5.16. The van der Waals surface area contributed by atoms with E-state index in [1.807, 2.05) is 11.2 Å². The van der Waals surface area contributed by atoms with Gasteiger partial charge in [0.2, 0.25) is 0 Å². The standard InChI is InChI=1S/C6H12BrN/c1-3-8(4-2)6-5-7/h5-6H,3-4H2,1-2H3/b6-5-. The average Bonchev–Trinajstić information content (AvgIpc) is 1.83. The second-order valence-electron chi connectivity index (χ2n) is 1.50. The Morgan fingerprint density at radius 3 is 2.00 bits per heavy atom. The highest BCUT2D eigenvalue weighted by Crippen LogP contribution is 1.90. The van der Waals surface area contributed by atoms with Crippen LogP contribution in [0.2, 0.25) is 0 Å². The van der Waals surface area contributed by atoms with Gasteiger partial charge in [-0.2, -0.15) is 0 Å². The van der Waals surface area contributed by atoms with E-state index in [9.17, 15) is 0 Å². The molecule has 0 aromatic rings. The van der Waals surface area contributed by atoms with E-state index in [0.29, 0.717) is 0 Å². The summed E-state index contributed by atoms with van der Waals surface area (Å²) in [5.74, 6) is 0. The van der Waals surface area contributed by atoms with E-state index >= 15 is 0 Å². The molecule has 0 aliphatic carbocycles. The Morgan fingerprint density at radius 2 is 1.88 bits per heavy atom. The molecule has 0 fully saturated rings. The Balaban J connectivity index is 3.36. The third-order valence-corrected chi connectivity index (χ3v) is 1.32. The summed E-state index contributed by atoms with van der Waals surface area (Å²) in [5.41, 5.74) is 0. The van der Waals surface area contributed by atoms with Crippen LogP contribution in [0.15, 0.2) is 11.2 Å². The van der Waals surface area contributed by atoms with E-state index in [4.69, 9.17) is 0 Å². The molecule has 0 N–H and O–H groups in total. The van der Waals surface area contributed by atoms with Crippen LogP contribution in [-0.4, -0.2) is 18.0 Å². The normalized spacial score (nSPS) is 10.4. The molecule has 0 unspecified atom stereocenters. The predicted molar refractivity (Wildman–Crippen MR) is 41.0 cm³/mol. The van der Waals surface area contributed by atoms with Crippen LogP contribution < -0.4 is 0 Å². The first-order chi connectivity index (χ1) is 3.85. The summed E-state index contributed by atoms with van der Waals surface area (Å²) in [4.78, 5) is 4.08. The molecule has 2 heteroatoms. The van der Waals surface area contributed by atoms with Crippen molar-refractivity contribution in [2.75, 3.05) is 13.1 Å². The molecule has 0 aliphatic heterocycles. The monoisotopic (exact) mass is 177 g/mol. The van der Waals surface area contributed by atoms with E-state index in [2.05, 4.69) is 34.7 Å². The zero-order valence-electron chi connectivity index (χ0n) is 5.39. The van der Waals surface area contributed by atoms with Crippen molar-refractivity contribution in [1.29, 1.82) is 0 Å². The van der Waals surface area contributed by atoms with Gasteiger partial charge in [-0.05, 0) is 18.8 Å². The first-order valence-corrected chi connectivity index (χ1v) is 3.77. The molecule has 1 nitrogen and oxygen atoms in total. The molecule has 48 valence electrons. The highest BCUT2D eigenvalue weighted by atomic mass is 79.9. The fourth-order valence-corrected chi connectivity index (χ4v) is 0.848. The largest absolute Gasteiger partial charge is 0.377 e. The lowest BCUT2D eigenvalue weighted by Gasteiger charge is -2.13. The smallest absolute Gasteiger partial charge is 0.0144 e. The lowest BCUT2D eigenvalue weighted by Crippen LogP contribution is -2.14. The highest BCUT2D eigenvalue weighted by Gasteiger charge is 1.85. The minimum Gasteiger partial charge on any atom is -0.377 e. The second-order valence-corrected chi connectivity index (χ2v) is 2.02. The molecular formula is C6H12BrN. The Bertz CT molecular complexity index is 66.9. The van der Waals surface area contributed by atoms with Crippen LogP contribution in [0.4, 0.5) is 0 Å². The molecule has 0 spiro atoms. The molecule has 0 saturated heterocycles. The van der Waals surface area contributed by atoms with Crippen molar-refractivity contribution in [3.05, 3.63) is 11.2 Å². The zero-order chi connectivity index (χ0) is 6.41. The van der Waals surface area contributed by atoms with Crippen LogP contribution in [0.25, 0.3) is 0 Å². The maximum absolute atomic E-state index is 3.21. The van der Waals surface area contributed by atoms with Gasteiger partial charge in [-0.25, -0.2) is 0 Å². The molecule has 0 amide bonds. The summed E-state index contributed by atoms with van der Waals surface area (Å²) in [6.07, 6.45) is 2.03. The highest BCUT2D eigenvalue weighted by molar-refractivity contribution is 9.11. The summed E-state index contributed by atoms with van der Waals surface area (Å²) in [7, 11) is 0. The van der Waals surface area contributed by atoms with Gasteiger partial charge in [-0.3, -0.25) is 0 Å². The van der Waals surface area contributed by atoms with Gasteiger partial charge in [0, 0.05) is 19.3 Å². The first kappa shape index (κ1) is 8.02. The zero-order valence-corrected chi connectivity index (χ0v) is 6.98. The Hall–Kier alpha value is 0.0200. The molecule has 0 saturated carbocycles. The van der Waals surface area contributed by atoms with Gasteiger partial charge in [0.05, 0.1) is 0 Å². The topological polar surface area (TPSA) is 3.24 Å². The van der Waals surface area contributed by atoms with Crippen molar-refractivity contribution in [2.45, 2.75) is 13.8 Å². The van der Waals surface area contributed by atoms with Gasteiger partial charge in [0.1, 0.15) is 0 Å². The lowest BCUT2D eigenvalue weighted by molar-refractivity contribution is 0.420. The van der Waals surface area contributed by atoms with E-state index in [0.717, 1.165) is 13.1 Å². The Labute approximate surface area is 59.5 Å². The third-order valence-electron chi connectivity index (χ3n) is 1.08. The third kappa shape index (κ3) is 3.08. The Morgan fingerprint density at radius 1 is 1.38 bits per heavy atom. The fraction of sp³-hybridized carbons (Fsp3) is 0.667. The van der Waals surface area contributed by atoms with Crippen molar-refractivity contribution < 1.29 is 0 Å². The summed E-state index contributed by atoms with van der Waals surface area (Å²) in [5, 5.41) is 0. The molecule has 0 bridgehead atoms. The quantitative estimate of drug-likeness (QED) is 0.640. The van der Waals surface area contributed by atoms with Crippen molar-refractivity contribution in [3.63, 3.8) is 0 Å². The molecule has 8 heavy (non-hydrogen) atoms. The molecular weight excluding hydrogens is 166 g/mol. The lowest BCUT2D eigenvalue weighted by atomic mass is 10.5. The minimum atomic E-state index is 1.08. The molecule has 0 rings (SSSR count). The van der Waals surface area contributed by atoms with E-state index in [1.165, 1.54) is 0 Å². The Kier molecular flexibility index (Phi) is 5.18. The van der Waals surface area contributed by atoms with E-state index < -0.39 is 0 Å². The summed E-state index contributed by atoms with van der Waals surface area (Å²) in [6, 6.07) is 0. The summed E-state index contributed by atoms with van der Waals surface area (Å²) >= 11 is 3.21. The SMILES string of the molecule is CCN(/C=C\Br)CC. The number of halogens is 1. The number of hydrogen-bond acceptors (Lipinski definition) is 1. The minimum absolute atomic E-state index is 1.08. The number of nitrogens with zero attached hydrogens (tertiary/aromatic N) is 1. The summed E-state index contributed by atoms with van der Waals surface area (Å²) in [6.45, 7) is 6.43. The van der Waals surface area contributed by atoms with Gasteiger partial charge in [-0.1, -0.05) is 15.9 Å². The fourth-order valence-electron chi connectivity index (χ4n) is 0.514. The van der Waals surface area contributed by atoms with Crippen molar-refractivity contribution in [3.8, 4) is 0 Å². The van der Waals surface area contributed by atoms with Crippen LogP contribution in [0.3, 0.4) is 0 Å².